The van der Waals surface area contributed by atoms with E-state index in [0.717, 1.165) is 47.0 Å². The van der Waals surface area contributed by atoms with Gasteiger partial charge in [0.2, 0.25) is 10.0 Å². The summed E-state index contributed by atoms with van der Waals surface area (Å²) in [6.07, 6.45) is 4.47. The minimum atomic E-state index is -3.77. The average Bonchev–Trinajstić information content (AvgIpc) is 2.92. The molecule has 1 N–H and O–H groups in total. The molecule has 1 aliphatic rings. The number of fused-ring (bicyclic) bond motifs is 3. The Balaban J connectivity index is 1.63. The number of hydrogen-bond donors (Lipinski definition) is 1. The number of ether oxygens (including phenoxy) is 1. The van der Waals surface area contributed by atoms with Gasteiger partial charge in [-0.3, -0.25) is 4.79 Å². The van der Waals surface area contributed by atoms with Crippen LogP contribution in [0.25, 0.3) is 11.0 Å². The van der Waals surface area contributed by atoms with Crippen LogP contribution in [0.4, 0.5) is 5.69 Å². The molecule has 3 aromatic rings. The highest BCUT2D eigenvalue weighted by Crippen LogP contribution is 2.28. The lowest BCUT2D eigenvalue weighted by Gasteiger charge is -2.15. The highest BCUT2D eigenvalue weighted by atomic mass is 32.2. The Bertz CT molecular complexity index is 1250. The summed E-state index contributed by atoms with van der Waals surface area (Å²) in [7, 11) is 0.495. The van der Waals surface area contributed by atoms with Crippen molar-refractivity contribution in [3.05, 3.63) is 47.8 Å². The molecule has 0 aliphatic carbocycles. The number of carbonyl (C=O) groups excluding carboxylic acids is 1. The van der Waals surface area contributed by atoms with Gasteiger partial charge in [0.05, 0.1) is 18.1 Å². The number of amides is 1. The number of imidazole rings is 1. The Labute approximate surface area is 181 Å². The highest BCUT2D eigenvalue weighted by Gasteiger charge is 2.24. The Morgan fingerprint density at radius 1 is 1.13 bits per heavy atom. The standard InChI is InChI=1S/C22H26N4O4S/c1-25(2)31(28,29)20-13-15(8-11-19(20)30-3)22(27)23-16-9-10-18-17(14-16)24-21-7-5-4-6-12-26(18)21/h8-11,13-14H,4-7,12H2,1-3H3,(H,23,27). The van der Waals surface area contributed by atoms with Crippen LogP contribution in [-0.2, 0) is 23.0 Å². The molecule has 0 saturated heterocycles. The Morgan fingerprint density at radius 2 is 1.94 bits per heavy atom. The van der Waals surface area contributed by atoms with Crippen molar-refractivity contribution in [2.45, 2.75) is 37.1 Å². The number of carbonyl (C=O) groups is 1. The third kappa shape index (κ3) is 4.03. The zero-order chi connectivity index (χ0) is 22.2. The van der Waals surface area contributed by atoms with E-state index >= 15 is 0 Å². The fourth-order valence-electron chi connectivity index (χ4n) is 3.85. The SMILES string of the molecule is COc1ccc(C(=O)Nc2ccc3c(c2)nc2n3CCCCC2)cc1S(=O)(=O)N(C)C. The van der Waals surface area contributed by atoms with E-state index in [-0.39, 0.29) is 16.2 Å². The zero-order valence-electron chi connectivity index (χ0n) is 17.9. The summed E-state index contributed by atoms with van der Waals surface area (Å²) in [5.74, 6) is 0.869. The van der Waals surface area contributed by atoms with Crippen LogP contribution >= 0.6 is 0 Å². The number of nitrogens with zero attached hydrogens (tertiary/aromatic N) is 3. The largest absolute Gasteiger partial charge is 0.495 e. The second kappa shape index (κ2) is 8.32. The molecule has 31 heavy (non-hydrogen) atoms. The number of aromatic nitrogens is 2. The van der Waals surface area contributed by atoms with Crippen molar-refractivity contribution in [1.29, 1.82) is 0 Å². The molecular weight excluding hydrogens is 416 g/mol. The van der Waals surface area contributed by atoms with Crippen LogP contribution in [0.2, 0.25) is 0 Å². The van der Waals surface area contributed by atoms with Crippen molar-refractivity contribution in [3.63, 3.8) is 0 Å². The molecule has 2 heterocycles. The van der Waals surface area contributed by atoms with Gasteiger partial charge in [0.1, 0.15) is 16.5 Å². The van der Waals surface area contributed by atoms with E-state index in [2.05, 4.69) is 9.88 Å². The lowest BCUT2D eigenvalue weighted by atomic mass is 10.2. The zero-order valence-corrected chi connectivity index (χ0v) is 18.7. The molecule has 164 valence electrons. The van der Waals surface area contributed by atoms with Gasteiger partial charge in [-0.1, -0.05) is 6.42 Å². The Hall–Kier alpha value is -2.91. The summed E-state index contributed by atoms with van der Waals surface area (Å²) in [4.78, 5) is 17.6. The fraction of sp³-hybridized carbons (Fsp3) is 0.364. The van der Waals surface area contributed by atoms with E-state index in [1.165, 1.54) is 39.8 Å². The molecule has 0 spiro atoms. The topological polar surface area (TPSA) is 93.5 Å². The second-order valence-corrected chi connectivity index (χ2v) is 9.92. The smallest absolute Gasteiger partial charge is 0.255 e. The van der Waals surface area contributed by atoms with E-state index in [9.17, 15) is 13.2 Å². The molecule has 0 fully saturated rings. The molecule has 1 amide bonds. The minimum absolute atomic E-state index is 0.0547. The summed E-state index contributed by atoms with van der Waals surface area (Å²) >= 11 is 0. The van der Waals surface area contributed by atoms with Crippen molar-refractivity contribution in [3.8, 4) is 5.75 Å². The van der Waals surface area contributed by atoms with Gasteiger partial charge in [-0.2, -0.15) is 0 Å². The molecule has 4 rings (SSSR count). The summed E-state index contributed by atoms with van der Waals surface area (Å²) in [6, 6.07) is 10.0. The lowest BCUT2D eigenvalue weighted by Crippen LogP contribution is -2.23. The van der Waals surface area contributed by atoms with Gasteiger partial charge in [-0.15, -0.1) is 0 Å². The van der Waals surface area contributed by atoms with Crippen molar-refractivity contribution in [2.24, 2.45) is 0 Å². The van der Waals surface area contributed by atoms with Gasteiger partial charge in [-0.05, 0) is 49.2 Å². The maximum Gasteiger partial charge on any atom is 0.255 e. The van der Waals surface area contributed by atoms with Crippen LogP contribution in [-0.4, -0.2) is 49.4 Å². The van der Waals surface area contributed by atoms with E-state index in [4.69, 9.17) is 9.72 Å². The van der Waals surface area contributed by atoms with Gasteiger partial charge < -0.3 is 14.6 Å². The predicted octanol–water partition coefficient (Wildman–Crippen LogP) is 3.27. The first-order valence-electron chi connectivity index (χ1n) is 10.2. The Morgan fingerprint density at radius 3 is 2.68 bits per heavy atom. The maximum atomic E-state index is 12.9. The molecule has 9 heteroatoms. The highest BCUT2D eigenvalue weighted by molar-refractivity contribution is 7.89. The van der Waals surface area contributed by atoms with Crippen LogP contribution in [0.5, 0.6) is 5.75 Å². The van der Waals surface area contributed by atoms with E-state index in [1.807, 2.05) is 18.2 Å². The van der Waals surface area contributed by atoms with E-state index in [0.29, 0.717) is 5.69 Å². The Kier molecular flexibility index (Phi) is 5.72. The summed E-state index contributed by atoms with van der Waals surface area (Å²) in [5.41, 5.74) is 2.75. The lowest BCUT2D eigenvalue weighted by molar-refractivity contribution is 0.102. The first-order chi connectivity index (χ1) is 14.8. The molecule has 0 unspecified atom stereocenters. The quantitative estimate of drug-likeness (QED) is 0.655. The average molecular weight is 443 g/mol. The molecular formula is C22H26N4O4S. The van der Waals surface area contributed by atoms with Crippen molar-refractivity contribution in [1.82, 2.24) is 13.9 Å². The molecule has 0 saturated carbocycles. The van der Waals surface area contributed by atoms with Gasteiger partial charge in [0.15, 0.2) is 0 Å². The van der Waals surface area contributed by atoms with Gasteiger partial charge in [0, 0.05) is 38.3 Å². The number of methoxy groups -OCH3 is 1. The molecule has 0 bridgehead atoms. The van der Waals surface area contributed by atoms with Crippen LogP contribution in [0.15, 0.2) is 41.3 Å². The third-order valence-electron chi connectivity index (χ3n) is 5.55. The predicted molar refractivity (Wildman–Crippen MR) is 119 cm³/mol. The monoisotopic (exact) mass is 442 g/mol. The van der Waals surface area contributed by atoms with Crippen LogP contribution in [0.1, 0.15) is 35.4 Å². The van der Waals surface area contributed by atoms with Crippen LogP contribution < -0.4 is 10.1 Å². The maximum absolute atomic E-state index is 12.9. The van der Waals surface area contributed by atoms with Crippen LogP contribution in [0.3, 0.4) is 0 Å². The third-order valence-corrected chi connectivity index (χ3v) is 7.39. The molecule has 8 nitrogen and oxygen atoms in total. The fourth-order valence-corrected chi connectivity index (χ4v) is 4.92. The second-order valence-electron chi connectivity index (χ2n) is 7.80. The van der Waals surface area contributed by atoms with Crippen LogP contribution in [0, 0.1) is 0 Å². The number of anilines is 1. The molecule has 0 atom stereocenters. The van der Waals surface area contributed by atoms with E-state index < -0.39 is 15.9 Å². The number of nitrogens with one attached hydrogen (secondary N) is 1. The molecule has 2 aromatic carbocycles. The number of benzene rings is 2. The summed E-state index contributed by atoms with van der Waals surface area (Å²) in [6.45, 7) is 0.965. The number of rotatable bonds is 5. The minimum Gasteiger partial charge on any atom is -0.495 e. The molecule has 1 aromatic heterocycles. The molecule has 1 aliphatic heterocycles. The normalized spacial score (nSPS) is 14.3. The number of sulfonamides is 1. The van der Waals surface area contributed by atoms with Crippen molar-refractivity contribution >= 4 is 32.7 Å². The number of aryl methyl sites for hydroxylation is 2. The summed E-state index contributed by atoms with van der Waals surface area (Å²) in [5, 5.41) is 2.85. The van der Waals surface area contributed by atoms with E-state index in [1.54, 1.807) is 6.07 Å². The van der Waals surface area contributed by atoms with Gasteiger partial charge in [-0.25, -0.2) is 17.7 Å². The number of hydrogen-bond acceptors (Lipinski definition) is 5. The first-order valence-corrected chi connectivity index (χ1v) is 11.7. The molecule has 0 radical (unpaired) electrons. The first kappa shape index (κ1) is 21.3. The van der Waals surface area contributed by atoms with Gasteiger partial charge in [0.25, 0.3) is 5.91 Å². The van der Waals surface area contributed by atoms with Crippen molar-refractivity contribution in [2.75, 3.05) is 26.5 Å². The van der Waals surface area contributed by atoms with Crippen molar-refractivity contribution < 1.29 is 17.9 Å². The summed E-state index contributed by atoms with van der Waals surface area (Å²) < 4.78 is 33.8. The van der Waals surface area contributed by atoms with Gasteiger partial charge >= 0.3 is 0 Å².